The van der Waals surface area contributed by atoms with Crippen LogP contribution in [0.25, 0.3) is 0 Å². The number of carbonyl (C=O) groups is 2. The molecule has 0 heterocycles. The van der Waals surface area contributed by atoms with E-state index in [0.29, 0.717) is 19.1 Å². The van der Waals surface area contributed by atoms with E-state index in [1.54, 1.807) is 0 Å². The maximum absolute atomic E-state index is 11.6. The number of unbranched alkanes of at least 4 members (excludes halogenated alkanes) is 5. The van der Waals surface area contributed by atoms with Gasteiger partial charge in [0.15, 0.2) is 0 Å². The Kier molecular flexibility index (Phi) is 17.5. The van der Waals surface area contributed by atoms with E-state index in [0.717, 1.165) is 31.6 Å². The second kappa shape index (κ2) is 18.3. The molecule has 160 valence electrons. The summed E-state index contributed by atoms with van der Waals surface area (Å²) in [4.78, 5) is 23.1. The third-order valence-corrected chi connectivity index (χ3v) is 4.55. The summed E-state index contributed by atoms with van der Waals surface area (Å²) in [7, 11) is 0. The van der Waals surface area contributed by atoms with Crippen molar-refractivity contribution in [2.24, 2.45) is 11.8 Å². The Morgan fingerprint density at radius 2 is 1.30 bits per heavy atom. The van der Waals surface area contributed by atoms with E-state index in [2.05, 4.69) is 27.7 Å². The summed E-state index contributed by atoms with van der Waals surface area (Å²) in [6.07, 6.45) is 11.4. The second-order valence-electron chi connectivity index (χ2n) is 7.92. The lowest BCUT2D eigenvalue weighted by molar-refractivity contribution is -0.155. The largest absolute Gasteiger partial charge is 0.464 e. The first-order valence-corrected chi connectivity index (χ1v) is 10.8. The maximum atomic E-state index is 11.6. The van der Waals surface area contributed by atoms with Crippen molar-refractivity contribution in [3.8, 4) is 0 Å². The van der Waals surface area contributed by atoms with Crippen LogP contribution in [0.15, 0.2) is 0 Å². The van der Waals surface area contributed by atoms with Gasteiger partial charge in [-0.05, 0) is 24.7 Å². The lowest BCUT2D eigenvalue weighted by Gasteiger charge is -2.12. The van der Waals surface area contributed by atoms with E-state index in [-0.39, 0.29) is 13.2 Å². The minimum absolute atomic E-state index is 0.198. The molecule has 0 aromatic rings. The van der Waals surface area contributed by atoms with E-state index >= 15 is 0 Å². The summed E-state index contributed by atoms with van der Waals surface area (Å²) >= 11 is 0. The van der Waals surface area contributed by atoms with E-state index in [1.807, 2.05) is 0 Å². The van der Waals surface area contributed by atoms with Crippen LogP contribution in [0.4, 0.5) is 0 Å². The van der Waals surface area contributed by atoms with Crippen LogP contribution >= 0.6 is 0 Å². The molecule has 0 aromatic carbocycles. The number of rotatable bonds is 18. The number of hydrogen-bond donors (Lipinski definition) is 0. The quantitative estimate of drug-likeness (QED) is 0.236. The van der Waals surface area contributed by atoms with E-state index < -0.39 is 11.9 Å². The summed E-state index contributed by atoms with van der Waals surface area (Å²) in [6, 6.07) is 0. The average Bonchev–Trinajstić information content (AvgIpc) is 2.60. The van der Waals surface area contributed by atoms with Crippen LogP contribution in [-0.2, 0) is 23.8 Å². The van der Waals surface area contributed by atoms with Crippen molar-refractivity contribution in [2.75, 3.05) is 26.4 Å². The molecular formula is C22H42O5. The predicted octanol–water partition coefficient (Wildman–Crippen LogP) is 5.30. The first-order chi connectivity index (χ1) is 13.0. The first kappa shape index (κ1) is 25.9. The van der Waals surface area contributed by atoms with Gasteiger partial charge in [-0.3, -0.25) is 0 Å². The molecule has 0 saturated heterocycles. The summed E-state index contributed by atoms with van der Waals surface area (Å²) in [6.45, 7) is 9.27. The van der Waals surface area contributed by atoms with Crippen molar-refractivity contribution in [3.05, 3.63) is 0 Å². The summed E-state index contributed by atoms with van der Waals surface area (Å²) < 4.78 is 15.3. The molecule has 1 unspecified atom stereocenters. The molecule has 5 nitrogen and oxygen atoms in total. The van der Waals surface area contributed by atoms with Gasteiger partial charge in [0.2, 0.25) is 0 Å². The van der Waals surface area contributed by atoms with Gasteiger partial charge in [0.05, 0.1) is 13.2 Å². The number of esters is 2. The maximum Gasteiger partial charge on any atom is 0.332 e. The normalized spacial score (nSPS) is 12.2. The Balaban J connectivity index is 3.47. The Bertz CT molecular complexity index is 368. The Morgan fingerprint density at radius 1 is 0.704 bits per heavy atom. The van der Waals surface area contributed by atoms with Gasteiger partial charge >= 0.3 is 11.9 Å². The van der Waals surface area contributed by atoms with Gasteiger partial charge < -0.3 is 14.2 Å². The van der Waals surface area contributed by atoms with Gasteiger partial charge in [0, 0.05) is 0 Å². The van der Waals surface area contributed by atoms with E-state index in [4.69, 9.17) is 14.2 Å². The molecule has 0 aliphatic carbocycles. The standard InChI is InChI=1S/C22H42O5/c1-5-6-7-8-9-10-15-26-21(23)17-25-18-22(24)27-16-14-20(4)13-11-12-19(2)3/h19-20H,5-18H2,1-4H3. The third-order valence-electron chi connectivity index (χ3n) is 4.55. The van der Waals surface area contributed by atoms with Gasteiger partial charge in [0.1, 0.15) is 13.2 Å². The Morgan fingerprint density at radius 3 is 1.93 bits per heavy atom. The zero-order valence-electron chi connectivity index (χ0n) is 18.1. The lowest BCUT2D eigenvalue weighted by Crippen LogP contribution is -2.19. The monoisotopic (exact) mass is 386 g/mol. The first-order valence-electron chi connectivity index (χ1n) is 10.8. The molecule has 0 aliphatic rings. The van der Waals surface area contributed by atoms with Crippen LogP contribution in [0, 0.1) is 11.8 Å². The number of ether oxygens (including phenoxy) is 3. The van der Waals surface area contributed by atoms with Crippen LogP contribution < -0.4 is 0 Å². The zero-order valence-corrected chi connectivity index (χ0v) is 18.1. The molecule has 0 amide bonds. The fourth-order valence-electron chi connectivity index (χ4n) is 2.76. The molecule has 0 radical (unpaired) electrons. The van der Waals surface area contributed by atoms with Gasteiger partial charge in [-0.25, -0.2) is 9.59 Å². The molecule has 5 heteroatoms. The van der Waals surface area contributed by atoms with Crippen LogP contribution in [0.3, 0.4) is 0 Å². The van der Waals surface area contributed by atoms with Crippen molar-refractivity contribution in [1.82, 2.24) is 0 Å². The number of hydrogen-bond acceptors (Lipinski definition) is 5. The molecule has 0 aliphatic heterocycles. The fraction of sp³-hybridized carbons (Fsp3) is 0.909. The smallest absolute Gasteiger partial charge is 0.332 e. The van der Waals surface area contributed by atoms with Crippen molar-refractivity contribution in [1.29, 1.82) is 0 Å². The summed E-state index contributed by atoms with van der Waals surface area (Å²) in [5.74, 6) is 0.447. The van der Waals surface area contributed by atoms with Crippen LogP contribution in [0.5, 0.6) is 0 Å². The molecule has 0 saturated carbocycles. The fourth-order valence-corrected chi connectivity index (χ4v) is 2.76. The van der Waals surface area contributed by atoms with Gasteiger partial charge in [-0.1, -0.05) is 79.1 Å². The highest BCUT2D eigenvalue weighted by atomic mass is 16.6. The zero-order chi connectivity index (χ0) is 20.3. The van der Waals surface area contributed by atoms with Crippen molar-refractivity contribution in [2.45, 2.75) is 91.9 Å². The lowest BCUT2D eigenvalue weighted by atomic mass is 9.98. The van der Waals surface area contributed by atoms with Crippen molar-refractivity contribution < 1.29 is 23.8 Å². The van der Waals surface area contributed by atoms with Crippen molar-refractivity contribution in [3.63, 3.8) is 0 Å². The topological polar surface area (TPSA) is 61.8 Å². The summed E-state index contributed by atoms with van der Waals surface area (Å²) in [5.41, 5.74) is 0. The molecule has 1 atom stereocenters. The highest BCUT2D eigenvalue weighted by molar-refractivity contribution is 5.73. The van der Waals surface area contributed by atoms with Crippen LogP contribution in [0.2, 0.25) is 0 Å². The van der Waals surface area contributed by atoms with Crippen LogP contribution in [0.1, 0.15) is 91.9 Å². The van der Waals surface area contributed by atoms with Gasteiger partial charge in [-0.2, -0.15) is 0 Å². The van der Waals surface area contributed by atoms with Gasteiger partial charge in [0.25, 0.3) is 0 Å². The van der Waals surface area contributed by atoms with Crippen LogP contribution in [-0.4, -0.2) is 38.4 Å². The van der Waals surface area contributed by atoms with E-state index in [1.165, 1.54) is 38.5 Å². The molecule has 0 bridgehead atoms. The highest BCUT2D eigenvalue weighted by Crippen LogP contribution is 2.15. The average molecular weight is 387 g/mol. The highest BCUT2D eigenvalue weighted by Gasteiger charge is 2.09. The second-order valence-corrected chi connectivity index (χ2v) is 7.92. The molecular weight excluding hydrogens is 344 g/mol. The predicted molar refractivity (Wildman–Crippen MR) is 109 cm³/mol. The van der Waals surface area contributed by atoms with Crippen molar-refractivity contribution >= 4 is 11.9 Å². The molecule has 0 rings (SSSR count). The minimum Gasteiger partial charge on any atom is -0.464 e. The third kappa shape index (κ3) is 19.5. The summed E-state index contributed by atoms with van der Waals surface area (Å²) in [5, 5.41) is 0. The van der Waals surface area contributed by atoms with Gasteiger partial charge in [-0.15, -0.1) is 0 Å². The SMILES string of the molecule is CCCCCCCCOC(=O)COCC(=O)OCCC(C)CCCC(C)C. The molecule has 0 N–H and O–H groups in total. The molecule has 0 aromatic heterocycles. The molecule has 0 fully saturated rings. The number of carbonyl (C=O) groups excluding carboxylic acids is 2. The molecule has 0 spiro atoms. The molecule has 27 heavy (non-hydrogen) atoms. The Hall–Kier alpha value is -1.10. The minimum atomic E-state index is -0.423. The van der Waals surface area contributed by atoms with E-state index in [9.17, 15) is 9.59 Å². The Labute approximate surface area is 166 Å².